The van der Waals surface area contributed by atoms with Crippen LogP contribution >= 0.6 is 0 Å². The minimum Gasteiger partial charge on any atom is -0.207 e. The van der Waals surface area contributed by atoms with Gasteiger partial charge in [-0.05, 0) is 42.4 Å². The lowest BCUT2D eigenvalue weighted by molar-refractivity contribution is 0.596. The fourth-order valence-corrected chi connectivity index (χ4v) is 2.28. The standard InChI is InChI=1S/C16H19F/c1-3-12(2)14-9-10-15(16(17)11-14)13-7-5-4-6-8-13/h4-8,11-12H,3,9-10H2,1-2H3. The molecule has 0 nitrogen and oxygen atoms in total. The Morgan fingerprint density at radius 2 is 1.88 bits per heavy atom. The van der Waals surface area contributed by atoms with E-state index in [0.717, 1.165) is 30.4 Å². The van der Waals surface area contributed by atoms with Gasteiger partial charge in [-0.1, -0.05) is 49.8 Å². The molecular formula is C16H19F. The molecule has 0 N–H and O–H groups in total. The van der Waals surface area contributed by atoms with Crippen LogP contribution in [-0.2, 0) is 0 Å². The van der Waals surface area contributed by atoms with Crippen LogP contribution in [0.1, 0.15) is 38.7 Å². The third-order valence-corrected chi connectivity index (χ3v) is 3.63. The molecular weight excluding hydrogens is 211 g/mol. The molecule has 1 aromatic carbocycles. The summed E-state index contributed by atoms with van der Waals surface area (Å²) in [5.41, 5.74) is 3.13. The molecule has 1 aliphatic rings. The molecule has 1 aromatic rings. The molecule has 0 saturated carbocycles. The van der Waals surface area contributed by atoms with E-state index in [4.69, 9.17) is 0 Å². The molecule has 0 amide bonds. The molecule has 1 unspecified atom stereocenters. The lowest BCUT2D eigenvalue weighted by Gasteiger charge is -2.20. The van der Waals surface area contributed by atoms with Gasteiger partial charge in [0.05, 0.1) is 0 Å². The zero-order valence-corrected chi connectivity index (χ0v) is 10.5. The van der Waals surface area contributed by atoms with E-state index in [1.807, 2.05) is 30.3 Å². The topological polar surface area (TPSA) is 0 Å². The first-order chi connectivity index (χ1) is 8.22. The second-order valence-electron chi connectivity index (χ2n) is 4.72. The summed E-state index contributed by atoms with van der Waals surface area (Å²) in [6, 6.07) is 9.85. The van der Waals surface area contributed by atoms with Crippen LogP contribution in [0.5, 0.6) is 0 Å². The normalized spacial score (nSPS) is 17.9. The predicted octanol–water partition coefficient (Wildman–Crippen LogP) is 5.13. The van der Waals surface area contributed by atoms with Crippen LogP contribution in [0.25, 0.3) is 5.57 Å². The van der Waals surface area contributed by atoms with Crippen molar-refractivity contribution in [2.75, 3.05) is 0 Å². The largest absolute Gasteiger partial charge is 0.207 e. The first-order valence-corrected chi connectivity index (χ1v) is 6.37. The van der Waals surface area contributed by atoms with E-state index >= 15 is 0 Å². The molecule has 0 aromatic heterocycles. The van der Waals surface area contributed by atoms with E-state index in [1.54, 1.807) is 6.08 Å². The highest BCUT2D eigenvalue weighted by Gasteiger charge is 2.17. The lowest BCUT2D eigenvalue weighted by atomic mass is 9.86. The van der Waals surface area contributed by atoms with Crippen molar-refractivity contribution in [3.8, 4) is 0 Å². The van der Waals surface area contributed by atoms with Gasteiger partial charge in [0.25, 0.3) is 0 Å². The number of benzene rings is 1. The molecule has 0 saturated heterocycles. The van der Waals surface area contributed by atoms with E-state index in [1.165, 1.54) is 5.57 Å². The monoisotopic (exact) mass is 230 g/mol. The third-order valence-electron chi connectivity index (χ3n) is 3.63. The van der Waals surface area contributed by atoms with Gasteiger partial charge in [0, 0.05) is 0 Å². The van der Waals surface area contributed by atoms with E-state index in [9.17, 15) is 4.39 Å². The maximum atomic E-state index is 14.1. The van der Waals surface area contributed by atoms with Crippen molar-refractivity contribution in [3.63, 3.8) is 0 Å². The number of halogens is 1. The molecule has 17 heavy (non-hydrogen) atoms. The van der Waals surface area contributed by atoms with Gasteiger partial charge in [-0.2, -0.15) is 0 Å². The summed E-state index contributed by atoms with van der Waals surface area (Å²) in [5, 5.41) is 0. The molecule has 1 aliphatic carbocycles. The highest BCUT2D eigenvalue weighted by atomic mass is 19.1. The number of allylic oxidation sites excluding steroid dienone is 4. The van der Waals surface area contributed by atoms with E-state index in [-0.39, 0.29) is 5.83 Å². The summed E-state index contributed by atoms with van der Waals surface area (Å²) in [4.78, 5) is 0. The Balaban J connectivity index is 2.29. The molecule has 1 atom stereocenters. The van der Waals surface area contributed by atoms with E-state index in [2.05, 4.69) is 13.8 Å². The average molecular weight is 230 g/mol. The summed E-state index contributed by atoms with van der Waals surface area (Å²) < 4.78 is 14.1. The molecule has 1 heteroatoms. The quantitative estimate of drug-likeness (QED) is 0.675. The van der Waals surface area contributed by atoms with Crippen LogP contribution in [0.4, 0.5) is 4.39 Å². The van der Waals surface area contributed by atoms with Crippen LogP contribution in [0.3, 0.4) is 0 Å². The number of hydrogen-bond donors (Lipinski definition) is 0. The molecule has 0 bridgehead atoms. The zero-order valence-electron chi connectivity index (χ0n) is 10.5. The second kappa shape index (κ2) is 5.31. The molecule has 0 aliphatic heterocycles. The lowest BCUT2D eigenvalue weighted by Crippen LogP contribution is -2.03. The Morgan fingerprint density at radius 3 is 2.47 bits per heavy atom. The highest BCUT2D eigenvalue weighted by molar-refractivity contribution is 5.71. The molecule has 0 fully saturated rings. The third kappa shape index (κ3) is 2.66. The minimum atomic E-state index is -0.0437. The van der Waals surface area contributed by atoms with Crippen molar-refractivity contribution < 1.29 is 4.39 Å². The average Bonchev–Trinajstić information content (AvgIpc) is 2.38. The minimum absolute atomic E-state index is 0.0437. The van der Waals surface area contributed by atoms with Crippen molar-refractivity contribution in [2.45, 2.75) is 33.1 Å². The Hall–Kier alpha value is -1.37. The molecule has 0 spiro atoms. The first kappa shape index (κ1) is 12.1. The maximum Gasteiger partial charge on any atom is 0.126 e. The fourth-order valence-electron chi connectivity index (χ4n) is 2.28. The maximum absolute atomic E-state index is 14.1. The summed E-state index contributed by atoms with van der Waals surface area (Å²) >= 11 is 0. The van der Waals surface area contributed by atoms with Crippen molar-refractivity contribution in [1.29, 1.82) is 0 Å². The highest BCUT2D eigenvalue weighted by Crippen LogP contribution is 2.35. The van der Waals surface area contributed by atoms with Crippen LogP contribution in [0.15, 0.2) is 47.8 Å². The Kier molecular flexibility index (Phi) is 3.78. The van der Waals surface area contributed by atoms with Crippen molar-refractivity contribution >= 4 is 5.57 Å². The van der Waals surface area contributed by atoms with Gasteiger partial charge >= 0.3 is 0 Å². The molecule has 0 radical (unpaired) electrons. The van der Waals surface area contributed by atoms with Crippen LogP contribution in [-0.4, -0.2) is 0 Å². The van der Waals surface area contributed by atoms with Crippen molar-refractivity contribution in [1.82, 2.24) is 0 Å². The van der Waals surface area contributed by atoms with Crippen molar-refractivity contribution in [2.24, 2.45) is 5.92 Å². The van der Waals surface area contributed by atoms with E-state index in [0.29, 0.717) is 5.92 Å². The summed E-state index contributed by atoms with van der Waals surface area (Å²) in [6.07, 6.45) is 4.65. The fraction of sp³-hybridized carbons (Fsp3) is 0.375. The van der Waals surface area contributed by atoms with Gasteiger partial charge in [0.15, 0.2) is 0 Å². The number of rotatable bonds is 3. The summed E-state index contributed by atoms with van der Waals surface area (Å²) in [6.45, 7) is 4.33. The molecule has 90 valence electrons. The van der Waals surface area contributed by atoms with Gasteiger partial charge in [0.2, 0.25) is 0 Å². The second-order valence-corrected chi connectivity index (χ2v) is 4.72. The van der Waals surface area contributed by atoms with Gasteiger partial charge in [0.1, 0.15) is 5.83 Å². The molecule has 0 heterocycles. The Morgan fingerprint density at radius 1 is 1.18 bits per heavy atom. The van der Waals surface area contributed by atoms with Gasteiger partial charge < -0.3 is 0 Å². The van der Waals surface area contributed by atoms with Crippen LogP contribution < -0.4 is 0 Å². The Bertz CT molecular complexity index is 440. The van der Waals surface area contributed by atoms with Gasteiger partial charge in [-0.3, -0.25) is 0 Å². The van der Waals surface area contributed by atoms with Gasteiger partial charge in [-0.25, -0.2) is 4.39 Å². The summed E-state index contributed by atoms with van der Waals surface area (Å²) in [7, 11) is 0. The predicted molar refractivity (Wildman–Crippen MR) is 71.2 cm³/mol. The number of hydrogen-bond acceptors (Lipinski definition) is 0. The summed E-state index contributed by atoms with van der Waals surface area (Å²) in [5.74, 6) is 0.454. The Labute approximate surface area is 103 Å². The smallest absolute Gasteiger partial charge is 0.126 e. The van der Waals surface area contributed by atoms with Crippen LogP contribution in [0.2, 0.25) is 0 Å². The zero-order chi connectivity index (χ0) is 12.3. The van der Waals surface area contributed by atoms with Crippen molar-refractivity contribution in [3.05, 3.63) is 53.4 Å². The molecule has 2 rings (SSSR count). The van der Waals surface area contributed by atoms with E-state index < -0.39 is 0 Å². The first-order valence-electron chi connectivity index (χ1n) is 6.37. The SMILES string of the molecule is CCC(C)C1=CC(F)=C(c2ccccc2)CC1. The van der Waals surface area contributed by atoms with Crippen LogP contribution in [0, 0.1) is 5.92 Å². The van der Waals surface area contributed by atoms with Gasteiger partial charge in [-0.15, -0.1) is 0 Å².